The van der Waals surface area contributed by atoms with Gasteiger partial charge < -0.3 is 15.6 Å². The second kappa shape index (κ2) is 10.7. The van der Waals surface area contributed by atoms with Crippen LogP contribution in [-0.4, -0.2) is 90.2 Å². The number of nitrogens with two attached hydrogens (primary N) is 1. The van der Waals surface area contributed by atoms with Gasteiger partial charge in [0.1, 0.15) is 5.69 Å². The van der Waals surface area contributed by atoms with E-state index in [1.807, 2.05) is 31.3 Å². The first kappa shape index (κ1) is 29.9. The number of anilines is 1. The van der Waals surface area contributed by atoms with E-state index in [0.717, 1.165) is 17.7 Å². The molecule has 0 atom stereocenters. The van der Waals surface area contributed by atoms with Crippen molar-refractivity contribution in [2.24, 2.45) is 0 Å². The molecule has 0 fully saturated rings. The number of sulfone groups is 1. The van der Waals surface area contributed by atoms with E-state index in [0.29, 0.717) is 22.7 Å². The number of aromatic nitrogens is 3. The average Bonchev–Trinajstić information content (AvgIpc) is 3.38. The molecule has 0 unspecified atom stereocenters. The van der Waals surface area contributed by atoms with Crippen LogP contribution in [0.2, 0.25) is 10.2 Å². The van der Waals surface area contributed by atoms with Crippen LogP contribution >= 0.6 is 0 Å². The summed E-state index contributed by atoms with van der Waals surface area (Å²) in [5, 5.41) is 2.04. The Kier molecular flexibility index (Phi) is 7.99. The van der Waals surface area contributed by atoms with Crippen molar-refractivity contribution in [2.75, 3.05) is 12.8 Å². The quantitative estimate of drug-likeness (QED) is 0.300. The zero-order chi connectivity index (χ0) is 29.5. The minimum atomic E-state index is -4.66. The van der Waals surface area contributed by atoms with E-state index in [2.05, 4.69) is 20.4 Å². The molecule has 2 heterocycles. The highest BCUT2D eigenvalue weighted by Gasteiger charge is 2.53. The lowest BCUT2D eigenvalue weighted by atomic mass is 9.21. The summed E-state index contributed by atoms with van der Waals surface area (Å²) in [6.07, 6.45) is 1.42. The van der Waals surface area contributed by atoms with Crippen LogP contribution in [0.4, 0.5) is 5.82 Å². The molecule has 2 aromatic heterocycles. The maximum absolute atomic E-state index is 13.4. The Hall–Kier alpha value is -3.11. The maximum Gasteiger partial charge on any atom is 0.189 e. The molecule has 0 amide bonds. The number of rotatable bonds is 9. The van der Waals surface area contributed by atoms with Gasteiger partial charge in [-0.25, -0.2) is 18.4 Å². The Balaban J connectivity index is 1.66. The minimum absolute atomic E-state index is 0.110. The SMILES string of the molecule is [B]C([B])([B])C([B])(C([B])([B])[B])S(=O)(=O)c1ccc(-c2cnc(N)c(-c3cc(-c4ccc(CNC)cc4)no3)n2)cc1. The van der Waals surface area contributed by atoms with Crippen LogP contribution in [0.1, 0.15) is 5.56 Å². The lowest BCUT2D eigenvalue weighted by Gasteiger charge is -2.53. The number of hydrogen-bond donors (Lipinski definition) is 2. The summed E-state index contributed by atoms with van der Waals surface area (Å²) in [5.41, 5.74) is 9.72. The summed E-state index contributed by atoms with van der Waals surface area (Å²) in [6.45, 7) is 0.741. The Bertz CT molecular complexity index is 1600. The van der Waals surface area contributed by atoms with Gasteiger partial charge in [0.25, 0.3) is 0 Å². The van der Waals surface area contributed by atoms with E-state index in [1.54, 1.807) is 6.07 Å². The predicted octanol–water partition coefficient (Wildman–Crippen LogP) is 0.564. The van der Waals surface area contributed by atoms with Crippen LogP contribution in [0.3, 0.4) is 0 Å². The van der Waals surface area contributed by atoms with E-state index in [-0.39, 0.29) is 16.4 Å². The zero-order valence-corrected chi connectivity index (χ0v) is 22.4. The first-order chi connectivity index (χ1) is 18.6. The van der Waals surface area contributed by atoms with Gasteiger partial charge in [-0.1, -0.05) is 41.6 Å². The lowest BCUT2D eigenvalue weighted by Crippen LogP contribution is -2.60. The summed E-state index contributed by atoms with van der Waals surface area (Å²) in [4.78, 5) is 8.42. The molecule has 0 spiro atoms. The van der Waals surface area contributed by atoms with Crippen LogP contribution < -0.4 is 11.1 Å². The Labute approximate surface area is 242 Å². The molecule has 8 nitrogen and oxygen atoms in total. The van der Waals surface area contributed by atoms with Gasteiger partial charge in [0.15, 0.2) is 27.1 Å². The van der Waals surface area contributed by atoms with Gasteiger partial charge in [-0.15, -0.1) is 10.2 Å². The monoisotopic (exact) mass is 533 g/mol. The summed E-state index contributed by atoms with van der Waals surface area (Å²) in [7, 11) is 37.1. The summed E-state index contributed by atoms with van der Waals surface area (Å²) >= 11 is 0. The number of benzene rings is 2. The smallest absolute Gasteiger partial charge is 0.189 e. The predicted molar refractivity (Wildman–Crippen MR) is 161 cm³/mol. The fraction of sp³-hybridized carbons (Fsp3) is 0.208. The van der Waals surface area contributed by atoms with Crippen LogP contribution in [-0.2, 0) is 16.4 Å². The first-order valence-corrected chi connectivity index (χ1v) is 13.3. The largest absolute Gasteiger partial charge is 0.382 e. The molecular formula is C24H18B7N5O3S. The van der Waals surface area contributed by atoms with Gasteiger partial charge in [0, 0.05) is 28.4 Å². The molecule has 0 bridgehead atoms. The standard InChI is InChI=1S/C24H18B7N5O3S/c1-33-11-13-2-4-14(5-3-13)17-10-19(39-36-17)20-21(32)34-12-18(35-20)15-6-8-16(9-7-15)40(37,38)22(25,23(26,27)28)24(29,30)31/h2-10,12,33H,11H2,1H3,(H2,32,34). The fourth-order valence-electron chi connectivity index (χ4n) is 4.07. The molecule has 4 aromatic rings. The zero-order valence-electron chi connectivity index (χ0n) is 21.6. The summed E-state index contributed by atoms with van der Waals surface area (Å²) < 4.78 is 29.4. The lowest BCUT2D eigenvalue weighted by molar-refractivity contribution is 0.434. The fourth-order valence-corrected chi connectivity index (χ4v) is 5.87. The summed E-state index contributed by atoms with van der Waals surface area (Å²) in [6, 6.07) is 14.9. The molecular weight excluding hydrogens is 514 g/mol. The van der Waals surface area contributed by atoms with E-state index in [9.17, 15) is 8.42 Å². The van der Waals surface area contributed by atoms with Gasteiger partial charge in [-0.05, 0) is 24.7 Å². The third-order valence-electron chi connectivity index (χ3n) is 6.35. The average molecular weight is 532 g/mol. The van der Waals surface area contributed by atoms with Crippen molar-refractivity contribution >= 4 is 70.6 Å². The molecule has 0 aliphatic heterocycles. The van der Waals surface area contributed by atoms with Crippen molar-refractivity contribution in [3.05, 3.63) is 66.4 Å². The summed E-state index contributed by atoms with van der Waals surface area (Å²) in [5.74, 6) is 0.405. The van der Waals surface area contributed by atoms with Crippen molar-refractivity contribution in [2.45, 2.75) is 26.3 Å². The molecule has 3 N–H and O–H groups in total. The van der Waals surface area contributed by atoms with Crippen molar-refractivity contribution in [3.8, 4) is 34.0 Å². The number of nitrogen functional groups attached to an aromatic ring is 1. The van der Waals surface area contributed by atoms with Crippen molar-refractivity contribution in [1.29, 1.82) is 0 Å². The third kappa shape index (κ3) is 5.31. The maximum atomic E-state index is 13.4. The topological polar surface area (TPSA) is 124 Å². The highest BCUT2D eigenvalue weighted by molar-refractivity contribution is 7.94. The highest BCUT2D eigenvalue weighted by Crippen LogP contribution is 2.49. The molecule has 0 saturated carbocycles. The normalized spacial score (nSPS) is 12.8. The van der Waals surface area contributed by atoms with Crippen molar-refractivity contribution in [1.82, 2.24) is 20.4 Å². The number of nitrogens with zero attached hydrogens (tertiary/aromatic N) is 3. The molecule has 4 rings (SSSR count). The van der Waals surface area contributed by atoms with Gasteiger partial charge in [-0.2, -0.15) is 0 Å². The van der Waals surface area contributed by atoms with Gasteiger partial charge >= 0.3 is 0 Å². The molecule has 16 heteroatoms. The number of nitrogens with one attached hydrogen (secondary N) is 1. The minimum Gasteiger partial charge on any atom is -0.382 e. The van der Waals surface area contributed by atoms with Crippen molar-refractivity contribution < 1.29 is 12.9 Å². The molecule has 14 radical (unpaired) electrons. The van der Waals surface area contributed by atoms with E-state index in [1.165, 1.54) is 30.5 Å². The van der Waals surface area contributed by atoms with E-state index in [4.69, 9.17) is 65.2 Å². The van der Waals surface area contributed by atoms with Gasteiger partial charge in [0.05, 0.1) is 71.7 Å². The highest BCUT2D eigenvalue weighted by atomic mass is 32.2. The molecule has 40 heavy (non-hydrogen) atoms. The first-order valence-electron chi connectivity index (χ1n) is 11.8. The molecule has 0 aliphatic carbocycles. The molecule has 0 saturated heterocycles. The third-order valence-corrected chi connectivity index (χ3v) is 8.79. The van der Waals surface area contributed by atoms with E-state index < -0.39 is 24.7 Å². The Morgan fingerprint density at radius 3 is 1.98 bits per heavy atom. The number of hydrogen-bond acceptors (Lipinski definition) is 8. The second-order valence-corrected chi connectivity index (χ2v) is 11.5. The van der Waals surface area contributed by atoms with Gasteiger partial charge in [-0.3, -0.25) is 0 Å². The van der Waals surface area contributed by atoms with E-state index >= 15 is 0 Å². The van der Waals surface area contributed by atoms with Crippen LogP contribution in [0.5, 0.6) is 0 Å². The van der Waals surface area contributed by atoms with Gasteiger partial charge in [0.2, 0.25) is 0 Å². The molecule has 0 aliphatic rings. The second-order valence-electron chi connectivity index (χ2n) is 9.42. The Morgan fingerprint density at radius 2 is 1.43 bits per heavy atom. The van der Waals surface area contributed by atoms with Crippen LogP contribution in [0.15, 0.2) is 70.2 Å². The van der Waals surface area contributed by atoms with Crippen LogP contribution in [0.25, 0.3) is 34.0 Å². The molecule has 184 valence electrons. The van der Waals surface area contributed by atoms with Crippen LogP contribution in [0, 0.1) is 0 Å². The molecule has 2 aromatic carbocycles. The van der Waals surface area contributed by atoms with Crippen molar-refractivity contribution in [3.63, 3.8) is 0 Å². The Morgan fingerprint density at radius 1 is 0.875 bits per heavy atom.